The van der Waals surface area contributed by atoms with Crippen molar-refractivity contribution in [3.05, 3.63) is 0 Å². The first-order valence-electron chi connectivity index (χ1n) is 6.08. The number of hydrogen-bond acceptors (Lipinski definition) is 2. The third kappa shape index (κ3) is 6.27. The average Bonchev–Trinajstić information content (AvgIpc) is 2.14. The molecule has 5 heteroatoms. The van der Waals surface area contributed by atoms with Crippen molar-refractivity contribution >= 4 is 0 Å². The topological polar surface area (TPSA) is 15.3 Å². The molecule has 0 spiro atoms. The largest absolute Gasteiger partial charge is 0.389 e. The fourth-order valence-electron chi connectivity index (χ4n) is 1.77. The number of nitrogens with one attached hydrogen (secondary N) is 1. The summed E-state index contributed by atoms with van der Waals surface area (Å²) in [5.74, 6) is 0. The van der Waals surface area contributed by atoms with Gasteiger partial charge in [0.15, 0.2) is 0 Å². The normalized spacial score (nSPS) is 15.4. The van der Waals surface area contributed by atoms with E-state index < -0.39 is 12.6 Å². The number of rotatable bonds is 7. The Bertz CT molecular complexity index is 212. The van der Waals surface area contributed by atoms with Crippen LogP contribution in [0.1, 0.15) is 40.0 Å². The minimum absolute atomic E-state index is 0.0739. The van der Waals surface area contributed by atoms with Gasteiger partial charge in [0, 0.05) is 18.0 Å². The van der Waals surface area contributed by atoms with Gasteiger partial charge in [0.25, 0.3) is 0 Å². The van der Waals surface area contributed by atoms with E-state index in [1.54, 1.807) is 0 Å². The minimum Gasteiger partial charge on any atom is -0.312 e. The molecule has 0 aliphatic carbocycles. The molecule has 1 atom stereocenters. The molecule has 0 aromatic rings. The summed E-state index contributed by atoms with van der Waals surface area (Å²) in [6.45, 7) is 6.85. The molecule has 17 heavy (non-hydrogen) atoms. The first kappa shape index (κ1) is 16.7. The van der Waals surface area contributed by atoms with E-state index in [1.807, 2.05) is 39.8 Å². The Morgan fingerprint density at radius 2 is 1.71 bits per heavy atom. The standard InChI is InChI=1S/C12H25F3N2/c1-6-16-10(11(2,3)17(4)5)8-7-9-12(13,14)15/h10,16H,6-9H2,1-5H3. The Labute approximate surface area is 103 Å². The lowest BCUT2D eigenvalue weighted by Crippen LogP contribution is -2.55. The van der Waals surface area contributed by atoms with Crippen molar-refractivity contribution < 1.29 is 13.2 Å². The fourth-order valence-corrected chi connectivity index (χ4v) is 1.77. The monoisotopic (exact) mass is 254 g/mol. The third-order valence-electron chi connectivity index (χ3n) is 3.41. The van der Waals surface area contributed by atoms with Crippen molar-refractivity contribution in [1.29, 1.82) is 0 Å². The zero-order chi connectivity index (χ0) is 13.7. The highest BCUT2D eigenvalue weighted by Crippen LogP contribution is 2.26. The molecule has 0 rings (SSSR count). The maximum atomic E-state index is 12.1. The van der Waals surface area contributed by atoms with E-state index >= 15 is 0 Å². The van der Waals surface area contributed by atoms with E-state index in [0.29, 0.717) is 6.42 Å². The van der Waals surface area contributed by atoms with Crippen LogP contribution in [-0.2, 0) is 0 Å². The maximum Gasteiger partial charge on any atom is 0.389 e. The molecule has 0 saturated carbocycles. The number of nitrogens with zero attached hydrogens (tertiary/aromatic N) is 1. The molecule has 0 bridgehead atoms. The van der Waals surface area contributed by atoms with Gasteiger partial charge < -0.3 is 10.2 Å². The summed E-state index contributed by atoms with van der Waals surface area (Å²) in [7, 11) is 3.90. The molecule has 0 amide bonds. The van der Waals surface area contributed by atoms with Gasteiger partial charge >= 0.3 is 6.18 Å². The molecule has 0 radical (unpaired) electrons. The molecule has 0 aliphatic rings. The van der Waals surface area contributed by atoms with Crippen LogP contribution in [0.3, 0.4) is 0 Å². The van der Waals surface area contributed by atoms with Gasteiger partial charge in [0.2, 0.25) is 0 Å². The number of likely N-dealkylation sites (N-methyl/N-ethyl adjacent to an activating group) is 2. The minimum atomic E-state index is -4.04. The van der Waals surface area contributed by atoms with Crippen molar-refractivity contribution in [2.75, 3.05) is 20.6 Å². The lowest BCUT2D eigenvalue weighted by molar-refractivity contribution is -0.136. The highest BCUT2D eigenvalue weighted by atomic mass is 19.4. The lowest BCUT2D eigenvalue weighted by Gasteiger charge is -2.40. The van der Waals surface area contributed by atoms with Crippen LogP contribution in [0.15, 0.2) is 0 Å². The zero-order valence-electron chi connectivity index (χ0n) is 11.5. The van der Waals surface area contributed by atoms with Gasteiger partial charge in [-0.1, -0.05) is 6.92 Å². The first-order valence-corrected chi connectivity index (χ1v) is 6.08. The second-order valence-electron chi connectivity index (χ2n) is 5.17. The highest BCUT2D eigenvalue weighted by Gasteiger charge is 2.32. The Hall–Kier alpha value is -0.290. The van der Waals surface area contributed by atoms with Crippen LogP contribution in [0.5, 0.6) is 0 Å². The van der Waals surface area contributed by atoms with Crippen LogP contribution in [0.4, 0.5) is 13.2 Å². The number of halogens is 3. The van der Waals surface area contributed by atoms with Crippen LogP contribution in [0.2, 0.25) is 0 Å². The second kappa shape index (κ2) is 6.59. The molecule has 1 unspecified atom stereocenters. The maximum absolute atomic E-state index is 12.1. The van der Waals surface area contributed by atoms with Crippen LogP contribution in [0, 0.1) is 0 Å². The molecule has 1 N–H and O–H groups in total. The van der Waals surface area contributed by atoms with Crippen molar-refractivity contribution in [2.45, 2.75) is 57.8 Å². The Morgan fingerprint density at radius 1 is 1.18 bits per heavy atom. The second-order valence-corrected chi connectivity index (χ2v) is 5.17. The number of hydrogen-bond donors (Lipinski definition) is 1. The van der Waals surface area contributed by atoms with Gasteiger partial charge in [-0.25, -0.2) is 0 Å². The molecule has 104 valence electrons. The quantitative estimate of drug-likeness (QED) is 0.751. The lowest BCUT2D eigenvalue weighted by atomic mass is 9.89. The smallest absolute Gasteiger partial charge is 0.312 e. The van der Waals surface area contributed by atoms with Crippen molar-refractivity contribution in [3.63, 3.8) is 0 Å². The predicted molar refractivity (Wildman–Crippen MR) is 65.1 cm³/mol. The van der Waals surface area contributed by atoms with Crippen LogP contribution in [0.25, 0.3) is 0 Å². The van der Waals surface area contributed by atoms with E-state index in [9.17, 15) is 13.2 Å². The fraction of sp³-hybridized carbons (Fsp3) is 1.00. The molecule has 2 nitrogen and oxygen atoms in total. The van der Waals surface area contributed by atoms with Gasteiger partial charge in [0.1, 0.15) is 0 Å². The Balaban J connectivity index is 4.34. The van der Waals surface area contributed by atoms with Gasteiger partial charge in [-0.2, -0.15) is 13.2 Å². The van der Waals surface area contributed by atoms with E-state index in [2.05, 4.69) is 5.32 Å². The van der Waals surface area contributed by atoms with E-state index in [1.165, 1.54) is 0 Å². The molecule has 0 aromatic carbocycles. The van der Waals surface area contributed by atoms with E-state index in [-0.39, 0.29) is 18.0 Å². The van der Waals surface area contributed by atoms with Gasteiger partial charge in [0.05, 0.1) is 0 Å². The van der Waals surface area contributed by atoms with E-state index in [0.717, 1.165) is 6.54 Å². The highest BCUT2D eigenvalue weighted by molar-refractivity contribution is 4.91. The van der Waals surface area contributed by atoms with Crippen LogP contribution < -0.4 is 5.32 Å². The summed E-state index contributed by atoms with van der Waals surface area (Å²) in [5.41, 5.74) is -0.151. The molecule has 0 heterocycles. The molecule has 0 fully saturated rings. The SMILES string of the molecule is CCNC(CCCC(F)(F)F)C(C)(C)N(C)C. The average molecular weight is 254 g/mol. The molecule has 0 aromatic heterocycles. The third-order valence-corrected chi connectivity index (χ3v) is 3.41. The zero-order valence-corrected chi connectivity index (χ0v) is 11.5. The molecule has 0 aliphatic heterocycles. The summed E-state index contributed by atoms with van der Waals surface area (Å²) in [4.78, 5) is 2.05. The van der Waals surface area contributed by atoms with E-state index in [4.69, 9.17) is 0 Å². The summed E-state index contributed by atoms with van der Waals surface area (Å²) >= 11 is 0. The Kier molecular flexibility index (Phi) is 6.48. The van der Waals surface area contributed by atoms with Crippen LogP contribution in [-0.4, -0.2) is 43.3 Å². The Morgan fingerprint density at radius 3 is 2.06 bits per heavy atom. The summed E-state index contributed by atoms with van der Waals surface area (Å²) in [6, 6.07) is 0.0739. The summed E-state index contributed by atoms with van der Waals surface area (Å²) in [6.07, 6.45) is -4.02. The first-order chi connectivity index (χ1) is 7.61. The predicted octanol–water partition coefficient (Wildman–Crippen LogP) is 3.04. The van der Waals surface area contributed by atoms with Gasteiger partial charge in [-0.15, -0.1) is 0 Å². The molecular weight excluding hydrogens is 229 g/mol. The molecule has 0 saturated heterocycles. The number of alkyl halides is 3. The summed E-state index contributed by atoms with van der Waals surface area (Å²) in [5, 5.41) is 3.28. The van der Waals surface area contributed by atoms with Crippen LogP contribution >= 0.6 is 0 Å². The van der Waals surface area contributed by atoms with Gasteiger partial charge in [-0.05, 0) is 47.3 Å². The van der Waals surface area contributed by atoms with Crippen molar-refractivity contribution in [1.82, 2.24) is 10.2 Å². The van der Waals surface area contributed by atoms with Gasteiger partial charge in [-0.3, -0.25) is 0 Å². The summed E-state index contributed by atoms with van der Waals surface area (Å²) < 4.78 is 36.3. The van der Waals surface area contributed by atoms with Crippen molar-refractivity contribution in [3.8, 4) is 0 Å². The van der Waals surface area contributed by atoms with Crippen molar-refractivity contribution in [2.24, 2.45) is 0 Å². The molecular formula is C12H25F3N2.